The van der Waals surface area contributed by atoms with Gasteiger partial charge in [0, 0.05) is 49.4 Å². The molecule has 8 nitrogen and oxygen atoms in total. The molecular weight excluding hydrogens is 475 g/mol. The number of nitrogens with one attached hydrogen (secondary N) is 1. The summed E-state index contributed by atoms with van der Waals surface area (Å²) in [6.07, 6.45) is 4.24. The number of nitro benzene ring substituents is 1. The van der Waals surface area contributed by atoms with Crippen LogP contribution < -0.4 is 5.32 Å². The summed E-state index contributed by atoms with van der Waals surface area (Å²) in [6, 6.07) is 9.03. The van der Waals surface area contributed by atoms with Gasteiger partial charge in [-0.05, 0) is 49.1 Å². The fourth-order valence-electron chi connectivity index (χ4n) is 4.01. The van der Waals surface area contributed by atoms with Gasteiger partial charge in [0.15, 0.2) is 0 Å². The molecule has 0 aliphatic rings. The molecule has 3 aromatic rings. The Labute approximate surface area is 218 Å². The van der Waals surface area contributed by atoms with Crippen molar-refractivity contribution in [2.75, 3.05) is 6.61 Å². The minimum Gasteiger partial charge on any atom is -0.378 e. The van der Waals surface area contributed by atoms with Crippen LogP contribution in [0.4, 0.5) is 10.1 Å². The van der Waals surface area contributed by atoms with Crippen LogP contribution in [-0.4, -0.2) is 33.1 Å². The molecule has 1 aromatic carbocycles. The zero-order valence-corrected chi connectivity index (χ0v) is 22.5. The molecule has 0 bridgehead atoms. The molecule has 37 heavy (non-hydrogen) atoms. The van der Waals surface area contributed by atoms with E-state index in [0.717, 1.165) is 23.0 Å². The summed E-state index contributed by atoms with van der Waals surface area (Å²) in [5, 5.41) is 13.8. The Balaban J connectivity index is 0.00000235. The van der Waals surface area contributed by atoms with E-state index in [0.29, 0.717) is 30.7 Å². The number of pyridine rings is 1. The third-order valence-corrected chi connectivity index (χ3v) is 5.49. The van der Waals surface area contributed by atoms with Crippen LogP contribution >= 0.6 is 0 Å². The Morgan fingerprint density at radius 1 is 1.16 bits per heavy atom. The van der Waals surface area contributed by atoms with Gasteiger partial charge in [-0.2, -0.15) is 0 Å². The van der Waals surface area contributed by atoms with Crippen LogP contribution in [0, 0.1) is 15.9 Å². The second-order valence-corrected chi connectivity index (χ2v) is 8.96. The standard InChI is InChI=1S/C26H31FN4O4.C2H6/c1-17(2)25-24(26(32)29-15-20-10-21(27)12-23(11-20)31(33)34)13-22(7-9-35-18(3)4)30(25)16-19-6-5-8-28-14-19;1-2/h5-6,8,10-14,17-18H,7,9,15-16H2,1-4H3,(H,29,32);1-2H3. The van der Waals surface area contributed by atoms with Crippen molar-refractivity contribution in [1.82, 2.24) is 14.9 Å². The third-order valence-electron chi connectivity index (χ3n) is 5.49. The van der Waals surface area contributed by atoms with Gasteiger partial charge in [-0.25, -0.2) is 4.39 Å². The molecule has 0 saturated carbocycles. The molecule has 0 unspecified atom stereocenters. The lowest BCUT2D eigenvalue weighted by Crippen LogP contribution is -2.24. The maximum absolute atomic E-state index is 13.8. The molecule has 2 heterocycles. The molecule has 0 saturated heterocycles. The van der Waals surface area contributed by atoms with E-state index < -0.39 is 10.7 Å². The van der Waals surface area contributed by atoms with Crippen LogP contribution in [0.25, 0.3) is 0 Å². The van der Waals surface area contributed by atoms with Crippen molar-refractivity contribution in [3.63, 3.8) is 0 Å². The van der Waals surface area contributed by atoms with Crippen LogP contribution in [0.2, 0.25) is 0 Å². The van der Waals surface area contributed by atoms with Crippen molar-refractivity contribution >= 4 is 11.6 Å². The number of carbonyl (C=O) groups is 1. The van der Waals surface area contributed by atoms with Crippen LogP contribution in [0.3, 0.4) is 0 Å². The summed E-state index contributed by atoms with van der Waals surface area (Å²) in [6.45, 7) is 13.0. The predicted octanol–water partition coefficient (Wildman–Crippen LogP) is 6.03. The Bertz CT molecular complexity index is 1180. The molecule has 1 N–H and O–H groups in total. The van der Waals surface area contributed by atoms with Crippen LogP contribution in [0.5, 0.6) is 0 Å². The molecule has 1 amide bonds. The van der Waals surface area contributed by atoms with E-state index in [-0.39, 0.29) is 30.2 Å². The fourth-order valence-corrected chi connectivity index (χ4v) is 4.01. The lowest BCUT2D eigenvalue weighted by molar-refractivity contribution is -0.385. The molecule has 3 rings (SSSR count). The van der Waals surface area contributed by atoms with E-state index in [1.165, 1.54) is 12.1 Å². The van der Waals surface area contributed by atoms with Gasteiger partial charge in [0.1, 0.15) is 5.82 Å². The first-order chi connectivity index (χ1) is 17.7. The largest absolute Gasteiger partial charge is 0.378 e. The summed E-state index contributed by atoms with van der Waals surface area (Å²) < 4.78 is 21.7. The highest BCUT2D eigenvalue weighted by atomic mass is 19.1. The van der Waals surface area contributed by atoms with E-state index in [9.17, 15) is 19.3 Å². The van der Waals surface area contributed by atoms with Gasteiger partial charge < -0.3 is 14.6 Å². The van der Waals surface area contributed by atoms with Crippen molar-refractivity contribution in [1.29, 1.82) is 0 Å². The summed E-state index contributed by atoms with van der Waals surface area (Å²) >= 11 is 0. The minimum absolute atomic E-state index is 0.0332. The van der Waals surface area contributed by atoms with E-state index in [1.54, 1.807) is 12.4 Å². The summed E-state index contributed by atoms with van der Waals surface area (Å²) in [4.78, 5) is 27.8. The smallest absolute Gasteiger partial charge is 0.272 e. The van der Waals surface area contributed by atoms with Crippen molar-refractivity contribution in [2.45, 2.75) is 73.1 Å². The maximum Gasteiger partial charge on any atom is 0.272 e. The summed E-state index contributed by atoms with van der Waals surface area (Å²) in [5.74, 6) is -1.000. The molecule has 200 valence electrons. The average molecular weight is 513 g/mol. The molecular formula is C28H37FN4O4. The lowest BCUT2D eigenvalue weighted by atomic mass is 10.0. The van der Waals surface area contributed by atoms with Gasteiger partial charge >= 0.3 is 0 Å². The van der Waals surface area contributed by atoms with E-state index in [2.05, 4.69) is 14.9 Å². The first-order valence-electron chi connectivity index (χ1n) is 12.6. The molecule has 0 fully saturated rings. The Morgan fingerprint density at radius 2 is 1.89 bits per heavy atom. The number of nitro groups is 1. The zero-order chi connectivity index (χ0) is 27.5. The lowest BCUT2D eigenvalue weighted by Gasteiger charge is -2.17. The van der Waals surface area contributed by atoms with E-state index in [4.69, 9.17) is 4.74 Å². The normalized spacial score (nSPS) is 10.8. The Kier molecular flexibility index (Phi) is 11.4. The first kappa shape index (κ1) is 29.6. The minimum atomic E-state index is -0.721. The second-order valence-electron chi connectivity index (χ2n) is 8.96. The van der Waals surface area contributed by atoms with Gasteiger partial charge in [0.25, 0.3) is 11.6 Å². The number of hydrogen-bond donors (Lipinski definition) is 1. The number of hydrogen-bond acceptors (Lipinski definition) is 5. The van der Waals surface area contributed by atoms with Gasteiger partial charge in [0.05, 0.1) is 29.3 Å². The highest BCUT2D eigenvalue weighted by Gasteiger charge is 2.23. The van der Waals surface area contributed by atoms with Crippen LogP contribution in [0.1, 0.15) is 80.3 Å². The van der Waals surface area contributed by atoms with Gasteiger partial charge in [0.2, 0.25) is 0 Å². The zero-order valence-electron chi connectivity index (χ0n) is 22.5. The van der Waals surface area contributed by atoms with Crippen LogP contribution in [-0.2, 0) is 24.2 Å². The first-order valence-corrected chi connectivity index (χ1v) is 12.6. The predicted molar refractivity (Wildman–Crippen MR) is 142 cm³/mol. The molecule has 9 heteroatoms. The average Bonchev–Trinajstić information content (AvgIpc) is 3.22. The number of amides is 1. The monoisotopic (exact) mass is 512 g/mol. The van der Waals surface area contributed by atoms with Crippen molar-refractivity contribution in [3.8, 4) is 0 Å². The van der Waals surface area contributed by atoms with Crippen molar-refractivity contribution in [2.24, 2.45) is 0 Å². The number of carbonyl (C=O) groups excluding carboxylic acids is 1. The van der Waals surface area contributed by atoms with Crippen LogP contribution in [0.15, 0.2) is 48.8 Å². The number of non-ortho nitro benzene ring substituents is 1. The maximum atomic E-state index is 13.8. The number of aromatic nitrogens is 2. The highest BCUT2D eigenvalue weighted by Crippen LogP contribution is 2.26. The Hall–Kier alpha value is -3.59. The Morgan fingerprint density at radius 3 is 2.49 bits per heavy atom. The number of benzene rings is 1. The quantitative estimate of drug-likeness (QED) is 0.250. The molecule has 0 aliphatic heterocycles. The van der Waals surface area contributed by atoms with Crippen molar-refractivity contribution < 1.29 is 18.8 Å². The summed E-state index contributed by atoms with van der Waals surface area (Å²) in [7, 11) is 0. The molecule has 0 aliphatic carbocycles. The molecule has 0 radical (unpaired) electrons. The fraction of sp³-hybridized carbons (Fsp3) is 0.429. The number of nitrogens with zero attached hydrogens (tertiary/aromatic N) is 3. The van der Waals surface area contributed by atoms with E-state index in [1.807, 2.05) is 59.7 Å². The third kappa shape index (κ3) is 8.49. The second kappa shape index (κ2) is 14.2. The molecule has 0 spiro atoms. The highest BCUT2D eigenvalue weighted by molar-refractivity contribution is 5.96. The number of halogens is 1. The molecule has 2 aromatic heterocycles. The number of rotatable bonds is 11. The van der Waals surface area contributed by atoms with E-state index >= 15 is 0 Å². The number of ether oxygens (including phenoxy) is 1. The summed E-state index contributed by atoms with van der Waals surface area (Å²) in [5.41, 5.74) is 3.33. The van der Waals surface area contributed by atoms with Gasteiger partial charge in [-0.3, -0.25) is 19.9 Å². The van der Waals surface area contributed by atoms with Gasteiger partial charge in [-0.1, -0.05) is 33.8 Å². The van der Waals surface area contributed by atoms with Crippen molar-refractivity contribution in [3.05, 3.63) is 92.8 Å². The topological polar surface area (TPSA) is 99.3 Å². The SMILES string of the molecule is CC.CC(C)OCCc1cc(C(=O)NCc2cc(F)cc([N+](=O)[O-])c2)c(C(C)C)n1Cc1cccnc1. The van der Waals surface area contributed by atoms with Gasteiger partial charge in [-0.15, -0.1) is 0 Å². The molecule has 0 atom stereocenters.